The number of nitrogens with one attached hydrogen (secondary N) is 2. The number of rotatable bonds is 4. The third-order valence-electron chi connectivity index (χ3n) is 4.22. The third kappa shape index (κ3) is 3.10. The summed E-state index contributed by atoms with van der Waals surface area (Å²) in [7, 11) is 0. The van der Waals surface area contributed by atoms with Crippen LogP contribution in [0.3, 0.4) is 0 Å². The molecule has 1 aliphatic heterocycles. The Balaban J connectivity index is 0.00000133. The summed E-state index contributed by atoms with van der Waals surface area (Å²) in [5.74, 6) is 0.176. The highest BCUT2D eigenvalue weighted by Gasteiger charge is 2.44. The van der Waals surface area contributed by atoms with E-state index in [1.165, 1.54) is 18.4 Å². The van der Waals surface area contributed by atoms with Crippen LogP contribution in [0.5, 0.6) is 0 Å². The van der Waals surface area contributed by atoms with Crippen molar-refractivity contribution in [3.05, 3.63) is 35.9 Å². The Bertz CT molecular complexity index is 425. The van der Waals surface area contributed by atoms with Gasteiger partial charge in [0, 0.05) is 12.0 Å². The normalized spacial score (nSPS) is 23.5. The van der Waals surface area contributed by atoms with Gasteiger partial charge in [0.05, 0.1) is 6.04 Å². The van der Waals surface area contributed by atoms with Gasteiger partial charge in [-0.15, -0.1) is 12.4 Å². The summed E-state index contributed by atoms with van der Waals surface area (Å²) < 4.78 is 0. The van der Waals surface area contributed by atoms with Gasteiger partial charge in [0.2, 0.25) is 5.91 Å². The summed E-state index contributed by atoms with van der Waals surface area (Å²) in [6.45, 7) is 1.76. The lowest BCUT2D eigenvalue weighted by Crippen LogP contribution is -2.43. The minimum Gasteiger partial charge on any atom is -0.354 e. The zero-order chi connectivity index (χ0) is 12.4. The van der Waals surface area contributed by atoms with Gasteiger partial charge in [0.15, 0.2) is 0 Å². The first-order valence-electron chi connectivity index (χ1n) is 6.87. The number of amides is 1. The van der Waals surface area contributed by atoms with Gasteiger partial charge in [0.1, 0.15) is 0 Å². The molecule has 19 heavy (non-hydrogen) atoms. The summed E-state index contributed by atoms with van der Waals surface area (Å²) in [6.07, 6.45) is 4.47. The van der Waals surface area contributed by atoms with E-state index in [2.05, 4.69) is 34.9 Å². The molecule has 1 heterocycles. The van der Waals surface area contributed by atoms with E-state index in [9.17, 15) is 4.79 Å². The second-order valence-electron chi connectivity index (χ2n) is 5.51. The highest BCUT2D eigenvalue weighted by Crippen LogP contribution is 2.47. The molecule has 1 atom stereocenters. The van der Waals surface area contributed by atoms with Crippen molar-refractivity contribution in [1.29, 1.82) is 0 Å². The number of hydrogen-bond acceptors (Lipinski definition) is 2. The topological polar surface area (TPSA) is 41.1 Å². The second-order valence-corrected chi connectivity index (χ2v) is 5.51. The van der Waals surface area contributed by atoms with E-state index in [-0.39, 0.29) is 29.8 Å². The van der Waals surface area contributed by atoms with Gasteiger partial charge < -0.3 is 10.6 Å². The predicted octanol–water partition coefficient (Wildman–Crippen LogP) is 2.01. The Morgan fingerprint density at radius 1 is 1.32 bits per heavy atom. The molecule has 0 spiro atoms. The average molecular weight is 281 g/mol. The largest absolute Gasteiger partial charge is 0.354 e. The Morgan fingerprint density at radius 3 is 2.63 bits per heavy atom. The summed E-state index contributed by atoms with van der Waals surface area (Å²) in [5.41, 5.74) is 1.58. The number of carbonyl (C=O) groups excluding carboxylic acids is 1. The molecule has 1 aromatic rings. The fourth-order valence-corrected chi connectivity index (χ4v) is 2.80. The average Bonchev–Trinajstić information content (AvgIpc) is 3.01. The molecule has 1 amide bonds. The van der Waals surface area contributed by atoms with Crippen LogP contribution >= 0.6 is 12.4 Å². The van der Waals surface area contributed by atoms with E-state index < -0.39 is 0 Å². The highest BCUT2D eigenvalue weighted by molar-refractivity contribution is 5.85. The smallest absolute Gasteiger partial charge is 0.237 e. The van der Waals surface area contributed by atoms with E-state index >= 15 is 0 Å². The maximum atomic E-state index is 12.0. The highest BCUT2D eigenvalue weighted by atomic mass is 35.5. The van der Waals surface area contributed by atoms with Gasteiger partial charge in [-0.3, -0.25) is 4.79 Å². The number of hydrogen-bond donors (Lipinski definition) is 2. The lowest BCUT2D eigenvalue weighted by molar-refractivity contribution is -0.122. The molecular formula is C15H21ClN2O. The zero-order valence-corrected chi connectivity index (χ0v) is 11.8. The molecule has 2 aliphatic rings. The van der Waals surface area contributed by atoms with Crippen LogP contribution in [0.1, 0.15) is 31.2 Å². The van der Waals surface area contributed by atoms with E-state index in [0.717, 1.165) is 25.9 Å². The summed E-state index contributed by atoms with van der Waals surface area (Å²) >= 11 is 0. The zero-order valence-electron chi connectivity index (χ0n) is 11.0. The summed E-state index contributed by atoms with van der Waals surface area (Å²) in [4.78, 5) is 12.0. The minimum absolute atomic E-state index is 0. The predicted molar refractivity (Wildman–Crippen MR) is 78.6 cm³/mol. The maximum absolute atomic E-state index is 12.0. The lowest BCUT2D eigenvalue weighted by atomic mass is 9.96. The first-order valence-corrected chi connectivity index (χ1v) is 6.87. The summed E-state index contributed by atoms with van der Waals surface area (Å²) in [6, 6.07) is 10.6. The SMILES string of the molecule is Cl.O=C(NCC1(c2ccccc2)CC1)C1CCCN1. The van der Waals surface area contributed by atoms with E-state index in [0.29, 0.717) is 0 Å². The minimum atomic E-state index is 0. The van der Waals surface area contributed by atoms with Crippen LogP contribution in [0.25, 0.3) is 0 Å². The van der Waals surface area contributed by atoms with Crippen molar-refractivity contribution in [2.45, 2.75) is 37.1 Å². The number of halogens is 1. The molecule has 2 N–H and O–H groups in total. The molecule has 104 valence electrons. The Labute approximate surface area is 120 Å². The molecule has 3 nitrogen and oxygen atoms in total. The quantitative estimate of drug-likeness (QED) is 0.886. The number of carbonyl (C=O) groups is 1. The molecule has 1 aliphatic carbocycles. The standard InChI is InChI=1S/C15H20N2O.ClH/c18-14(13-7-4-10-16-13)17-11-15(8-9-15)12-5-2-1-3-6-12;/h1-3,5-6,13,16H,4,7-11H2,(H,17,18);1H. The Kier molecular flexibility index (Phi) is 4.48. The fourth-order valence-electron chi connectivity index (χ4n) is 2.80. The molecule has 0 bridgehead atoms. The molecule has 1 aromatic carbocycles. The van der Waals surface area contributed by atoms with E-state index in [1.54, 1.807) is 0 Å². The van der Waals surface area contributed by atoms with E-state index in [4.69, 9.17) is 0 Å². The first kappa shape index (κ1) is 14.4. The van der Waals surface area contributed by atoms with Gasteiger partial charge in [-0.2, -0.15) is 0 Å². The van der Waals surface area contributed by atoms with Crippen LogP contribution in [-0.4, -0.2) is 25.0 Å². The van der Waals surface area contributed by atoms with Gasteiger partial charge in [0.25, 0.3) is 0 Å². The van der Waals surface area contributed by atoms with Gasteiger partial charge in [-0.25, -0.2) is 0 Å². The van der Waals surface area contributed by atoms with Crippen molar-refractivity contribution in [1.82, 2.24) is 10.6 Å². The lowest BCUT2D eigenvalue weighted by Gasteiger charge is -2.18. The van der Waals surface area contributed by atoms with Gasteiger partial charge in [-0.05, 0) is 37.8 Å². The van der Waals surface area contributed by atoms with Crippen LogP contribution in [0.4, 0.5) is 0 Å². The molecule has 1 unspecified atom stereocenters. The molecule has 2 fully saturated rings. The van der Waals surface area contributed by atoms with Crippen molar-refractivity contribution in [2.75, 3.05) is 13.1 Å². The number of benzene rings is 1. The van der Waals surface area contributed by atoms with Crippen molar-refractivity contribution < 1.29 is 4.79 Å². The molecule has 0 aromatic heterocycles. The Hall–Kier alpha value is -1.06. The van der Waals surface area contributed by atoms with Crippen molar-refractivity contribution in [3.63, 3.8) is 0 Å². The fraction of sp³-hybridized carbons (Fsp3) is 0.533. The van der Waals surface area contributed by atoms with Crippen molar-refractivity contribution in [2.24, 2.45) is 0 Å². The van der Waals surface area contributed by atoms with Gasteiger partial charge in [-0.1, -0.05) is 30.3 Å². The van der Waals surface area contributed by atoms with Crippen LogP contribution in [0.2, 0.25) is 0 Å². The van der Waals surface area contributed by atoms with Crippen molar-refractivity contribution >= 4 is 18.3 Å². The molecule has 3 rings (SSSR count). The Morgan fingerprint density at radius 2 is 2.05 bits per heavy atom. The van der Waals surface area contributed by atoms with Crippen LogP contribution in [0.15, 0.2) is 30.3 Å². The van der Waals surface area contributed by atoms with Gasteiger partial charge >= 0.3 is 0 Å². The molecular weight excluding hydrogens is 260 g/mol. The second kappa shape index (κ2) is 5.93. The van der Waals surface area contributed by atoms with Crippen LogP contribution in [-0.2, 0) is 10.2 Å². The van der Waals surface area contributed by atoms with Crippen molar-refractivity contribution in [3.8, 4) is 0 Å². The first-order chi connectivity index (χ1) is 8.80. The maximum Gasteiger partial charge on any atom is 0.237 e. The van der Waals surface area contributed by atoms with E-state index in [1.807, 2.05) is 6.07 Å². The third-order valence-corrected chi connectivity index (χ3v) is 4.22. The summed E-state index contributed by atoms with van der Waals surface area (Å²) in [5, 5.41) is 6.37. The molecule has 1 saturated carbocycles. The molecule has 4 heteroatoms. The van der Waals surface area contributed by atoms with Crippen LogP contribution < -0.4 is 10.6 Å². The molecule has 0 radical (unpaired) electrons. The molecule has 1 saturated heterocycles. The van der Waals surface area contributed by atoms with Crippen LogP contribution in [0, 0.1) is 0 Å². The monoisotopic (exact) mass is 280 g/mol.